The van der Waals surface area contributed by atoms with Crippen LogP contribution < -0.4 is 5.32 Å². The molecule has 3 rings (SSSR count). The van der Waals surface area contributed by atoms with E-state index < -0.39 is 5.82 Å². The van der Waals surface area contributed by atoms with Gasteiger partial charge in [0.2, 0.25) is 0 Å². The minimum Gasteiger partial charge on any atom is -0.508 e. The van der Waals surface area contributed by atoms with Gasteiger partial charge in [0.25, 0.3) is 0 Å². The first-order valence-electron chi connectivity index (χ1n) is 6.91. The molecule has 0 fully saturated rings. The zero-order valence-corrected chi connectivity index (χ0v) is 12.1. The number of rotatable bonds is 3. The molecule has 1 aromatic heterocycles. The molecule has 0 radical (unpaired) electrons. The number of benzene rings is 1. The maximum absolute atomic E-state index is 13.9. The van der Waals surface area contributed by atoms with E-state index in [0.29, 0.717) is 16.6 Å². The molecule has 0 bridgehead atoms. The summed E-state index contributed by atoms with van der Waals surface area (Å²) < 4.78 is 13.9. The second-order valence-electron chi connectivity index (χ2n) is 5.00. The quantitative estimate of drug-likeness (QED) is 0.908. The number of hydrogen-bond acceptors (Lipinski definition) is 4. The number of nitrogens with one attached hydrogen (secondary N) is 1. The van der Waals surface area contributed by atoms with Gasteiger partial charge in [-0.25, -0.2) is 9.37 Å². The molecule has 1 aliphatic rings. The van der Waals surface area contributed by atoms with Gasteiger partial charge in [-0.3, -0.25) is 0 Å². The fraction of sp³-hybridized carbons (Fsp3) is 0.400. The first-order chi connectivity index (χ1) is 9.69. The van der Waals surface area contributed by atoms with Crippen LogP contribution in [0.25, 0.3) is 10.6 Å². The molecule has 1 aliphatic carbocycles. The van der Waals surface area contributed by atoms with Gasteiger partial charge in [0.15, 0.2) is 0 Å². The van der Waals surface area contributed by atoms with Crippen molar-refractivity contribution in [3.63, 3.8) is 0 Å². The fourth-order valence-electron chi connectivity index (χ4n) is 2.65. The number of phenolic OH excluding ortho intramolecular Hbond substituents is 1. The Balaban J connectivity index is 2.00. The van der Waals surface area contributed by atoms with E-state index in [2.05, 4.69) is 17.2 Å². The third-order valence-corrected chi connectivity index (χ3v) is 4.83. The standard InChI is InChI=1S/C15H17FN2OS/c1-2-17-12-4-3-5-13-14(12)20-15(18-13)10-7-6-9(19)8-11(10)16/h6-8,12,17,19H,2-5H2,1H3. The summed E-state index contributed by atoms with van der Waals surface area (Å²) in [5, 5.41) is 13.5. The summed E-state index contributed by atoms with van der Waals surface area (Å²) in [4.78, 5) is 5.84. The Morgan fingerprint density at radius 2 is 2.35 bits per heavy atom. The maximum atomic E-state index is 13.9. The number of fused-ring (bicyclic) bond motifs is 1. The number of halogens is 1. The largest absolute Gasteiger partial charge is 0.508 e. The van der Waals surface area contributed by atoms with Gasteiger partial charge in [-0.2, -0.15) is 0 Å². The van der Waals surface area contributed by atoms with Crippen molar-refractivity contribution < 1.29 is 9.50 Å². The van der Waals surface area contributed by atoms with Gasteiger partial charge in [0, 0.05) is 22.5 Å². The Morgan fingerprint density at radius 3 is 3.10 bits per heavy atom. The SMILES string of the molecule is CCNC1CCCc2nc(-c3ccc(O)cc3F)sc21. The number of thiazole rings is 1. The lowest BCUT2D eigenvalue weighted by Gasteiger charge is -2.21. The van der Waals surface area contributed by atoms with Gasteiger partial charge < -0.3 is 10.4 Å². The number of phenols is 1. The first-order valence-corrected chi connectivity index (χ1v) is 7.72. The van der Waals surface area contributed by atoms with E-state index >= 15 is 0 Å². The van der Waals surface area contributed by atoms with Crippen LogP contribution in [0.3, 0.4) is 0 Å². The second kappa shape index (κ2) is 5.50. The Kier molecular flexibility index (Phi) is 3.72. The lowest BCUT2D eigenvalue weighted by Crippen LogP contribution is -2.23. The third kappa shape index (κ3) is 2.43. The summed E-state index contributed by atoms with van der Waals surface area (Å²) in [6.07, 6.45) is 3.19. The van der Waals surface area contributed by atoms with Crippen molar-refractivity contribution in [1.29, 1.82) is 0 Å². The van der Waals surface area contributed by atoms with E-state index in [1.165, 1.54) is 10.9 Å². The molecule has 3 nitrogen and oxygen atoms in total. The van der Waals surface area contributed by atoms with Gasteiger partial charge in [0.05, 0.1) is 5.69 Å². The molecule has 5 heteroatoms. The first kappa shape index (κ1) is 13.5. The molecule has 1 atom stereocenters. The Labute approximate surface area is 121 Å². The molecule has 0 aliphatic heterocycles. The van der Waals surface area contributed by atoms with E-state index in [-0.39, 0.29) is 5.75 Å². The van der Waals surface area contributed by atoms with Crippen LogP contribution in [0.4, 0.5) is 4.39 Å². The van der Waals surface area contributed by atoms with Crippen molar-refractivity contribution in [1.82, 2.24) is 10.3 Å². The summed E-state index contributed by atoms with van der Waals surface area (Å²) in [7, 11) is 0. The number of aryl methyl sites for hydroxylation is 1. The highest BCUT2D eigenvalue weighted by molar-refractivity contribution is 7.15. The molecule has 20 heavy (non-hydrogen) atoms. The van der Waals surface area contributed by atoms with E-state index in [1.807, 2.05) is 0 Å². The van der Waals surface area contributed by atoms with Crippen LogP contribution >= 0.6 is 11.3 Å². The molecule has 106 valence electrons. The monoisotopic (exact) mass is 292 g/mol. The molecule has 0 saturated carbocycles. The van der Waals surface area contributed by atoms with Crippen LogP contribution in [0.5, 0.6) is 5.75 Å². The molecule has 0 spiro atoms. The average Bonchev–Trinajstić information content (AvgIpc) is 2.83. The highest BCUT2D eigenvalue weighted by Gasteiger charge is 2.25. The molecule has 2 N–H and O–H groups in total. The summed E-state index contributed by atoms with van der Waals surface area (Å²) in [6, 6.07) is 4.57. The smallest absolute Gasteiger partial charge is 0.137 e. The molecule has 0 amide bonds. The highest BCUT2D eigenvalue weighted by atomic mass is 32.1. The topological polar surface area (TPSA) is 45.2 Å². The minimum atomic E-state index is -0.420. The van der Waals surface area contributed by atoms with Gasteiger partial charge in [-0.1, -0.05) is 6.92 Å². The summed E-state index contributed by atoms with van der Waals surface area (Å²) in [6.45, 7) is 3.01. The summed E-state index contributed by atoms with van der Waals surface area (Å²) in [5.74, 6) is -0.478. The molecule has 0 saturated heterocycles. The summed E-state index contributed by atoms with van der Waals surface area (Å²) in [5.41, 5.74) is 1.56. The van der Waals surface area contributed by atoms with Crippen molar-refractivity contribution in [2.24, 2.45) is 0 Å². The average molecular weight is 292 g/mol. The minimum absolute atomic E-state index is 0.0573. The molecular formula is C15H17FN2OS. The molecule has 1 aromatic carbocycles. The van der Waals surface area contributed by atoms with E-state index in [9.17, 15) is 9.50 Å². The van der Waals surface area contributed by atoms with E-state index in [0.717, 1.165) is 37.6 Å². The van der Waals surface area contributed by atoms with E-state index in [1.54, 1.807) is 17.4 Å². The van der Waals surface area contributed by atoms with Gasteiger partial charge in [0.1, 0.15) is 16.6 Å². The van der Waals surface area contributed by atoms with Crippen molar-refractivity contribution >= 4 is 11.3 Å². The van der Waals surface area contributed by atoms with Crippen LogP contribution in [-0.2, 0) is 6.42 Å². The normalized spacial score (nSPS) is 18.0. The summed E-state index contributed by atoms with van der Waals surface area (Å²) >= 11 is 1.56. The van der Waals surface area contributed by atoms with Crippen LogP contribution in [0.2, 0.25) is 0 Å². The van der Waals surface area contributed by atoms with Gasteiger partial charge in [-0.15, -0.1) is 11.3 Å². The van der Waals surface area contributed by atoms with Crippen molar-refractivity contribution in [2.75, 3.05) is 6.54 Å². The maximum Gasteiger partial charge on any atom is 0.137 e. The molecule has 2 aromatic rings. The third-order valence-electron chi connectivity index (χ3n) is 3.58. The van der Waals surface area contributed by atoms with Crippen LogP contribution in [-0.4, -0.2) is 16.6 Å². The predicted molar refractivity (Wildman–Crippen MR) is 78.5 cm³/mol. The van der Waals surface area contributed by atoms with Crippen molar-refractivity contribution in [2.45, 2.75) is 32.2 Å². The number of nitrogens with zero attached hydrogens (tertiary/aromatic N) is 1. The Bertz CT molecular complexity index is 626. The zero-order valence-electron chi connectivity index (χ0n) is 11.3. The van der Waals surface area contributed by atoms with E-state index in [4.69, 9.17) is 0 Å². The predicted octanol–water partition coefficient (Wildman–Crippen LogP) is 3.64. The number of aromatic hydroxyl groups is 1. The Morgan fingerprint density at radius 1 is 1.50 bits per heavy atom. The highest BCUT2D eigenvalue weighted by Crippen LogP contribution is 2.38. The second-order valence-corrected chi connectivity index (χ2v) is 6.03. The van der Waals surface area contributed by atoms with Crippen molar-refractivity contribution in [3.8, 4) is 16.3 Å². The lowest BCUT2D eigenvalue weighted by atomic mass is 9.98. The number of hydrogen-bond donors (Lipinski definition) is 2. The van der Waals surface area contributed by atoms with Crippen LogP contribution in [0.15, 0.2) is 18.2 Å². The van der Waals surface area contributed by atoms with Gasteiger partial charge in [-0.05, 0) is 37.9 Å². The molecule has 1 heterocycles. The number of aromatic nitrogens is 1. The molecule has 1 unspecified atom stereocenters. The van der Waals surface area contributed by atoms with Crippen LogP contribution in [0.1, 0.15) is 36.4 Å². The lowest BCUT2D eigenvalue weighted by molar-refractivity contribution is 0.469. The molecular weight excluding hydrogens is 275 g/mol. The fourth-order valence-corrected chi connectivity index (χ4v) is 3.90. The van der Waals surface area contributed by atoms with Gasteiger partial charge >= 0.3 is 0 Å². The van der Waals surface area contributed by atoms with Crippen molar-refractivity contribution in [3.05, 3.63) is 34.6 Å². The van der Waals surface area contributed by atoms with Crippen LogP contribution in [0, 0.1) is 5.82 Å². The Hall–Kier alpha value is -1.46. The zero-order chi connectivity index (χ0) is 14.1.